The molecule has 0 aromatic heterocycles. The molecule has 0 bridgehead atoms. The van der Waals surface area contributed by atoms with E-state index in [2.05, 4.69) is 0 Å². The van der Waals surface area contributed by atoms with E-state index in [0.717, 1.165) is 17.6 Å². The van der Waals surface area contributed by atoms with Crippen molar-refractivity contribution in [2.24, 2.45) is 0 Å². The van der Waals surface area contributed by atoms with Gasteiger partial charge in [0, 0.05) is 30.4 Å². The van der Waals surface area contributed by atoms with Crippen LogP contribution in [-0.4, -0.2) is 26.2 Å². The third-order valence-electron chi connectivity index (χ3n) is 4.29. The van der Waals surface area contributed by atoms with E-state index in [1.165, 1.54) is 43.4 Å². The van der Waals surface area contributed by atoms with Crippen molar-refractivity contribution in [3.63, 3.8) is 0 Å². The average Bonchev–Trinajstić information content (AvgIpc) is 2.62. The third kappa shape index (κ3) is 3.57. The maximum atomic E-state index is 14.0. The number of amides is 1. The lowest BCUT2D eigenvalue weighted by molar-refractivity contribution is -0.264. The first-order valence-corrected chi connectivity index (χ1v) is 8.30. The van der Waals surface area contributed by atoms with Gasteiger partial charge in [-0.15, -0.1) is 0 Å². The van der Waals surface area contributed by atoms with Crippen LogP contribution in [0.2, 0.25) is 5.02 Å². The third-order valence-corrected chi connectivity index (χ3v) is 4.55. The lowest BCUT2D eigenvalue weighted by atomic mass is 9.90. The van der Waals surface area contributed by atoms with Gasteiger partial charge in [-0.25, -0.2) is 0 Å². The molecule has 0 spiro atoms. The molecule has 0 fully saturated rings. The van der Waals surface area contributed by atoms with Crippen LogP contribution in [0.25, 0.3) is 0 Å². The number of likely N-dealkylation sites (N-methyl/N-ethyl adjacent to an activating group) is 1. The highest BCUT2D eigenvalue weighted by atomic mass is 35.5. The first kappa shape index (κ1) is 20.3. The molecule has 0 aliphatic rings. The molecule has 140 valence electrons. The highest BCUT2D eigenvalue weighted by molar-refractivity contribution is 6.30. The molecule has 1 amide bonds. The smallest absolute Gasteiger partial charge is 0.356 e. The molecular formula is C19H19ClF3NO2. The molecule has 0 radical (unpaired) electrons. The highest BCUT2D eigenvalue weighted by Crippen LogP contribution is 2.44. The van der Waals surface area contributed by atoms with Crippen LogP contribution in [-0.2, 0) is 21.6 Å². The van der Waals surface area contributed by atoms with Gasteiger partial charge in [-0.05, 0) is 36.2 Å². The number of methoxy groups -OCH3 is 1. The number of rotatable bonds is 5. The van der Waals surface area contributed by atoms with Crippen molar-refractivity contribution in [1.82, 2.24) is 0 Å². The van der Waals surface area contributed by atoms with Crippen LogP contribution in [0.1, 0.15) is 18.1 Å². The van der Waals surface area contributed by atoms with Crippen molar-refractivity contribution in [2.45, 2.75) is 25.1 Å². The van der Waals surface area contributed by atoms with E-state index in [-0.39, 0.29) is 11.3 Å². The first-order valence-electron chi connectivity index (χ1n) is 7.92. The van der Waals surface area contributed by atoms with Gasteiger partial charge >= 0.3 is 6.18 Å². The Kier molecular flexibility index (Phi) is 5.98. The van der Waals surface area contributed by atoms with Crippen molar-refractivity contribution in [3.8, 4) is 0 Å². The predicted molar refractivity (Wildman–Crippen MR) is 95.4 cm³/mol. The fourth-order valence-corrected chi connectivity index (χ4v) is 2.85. The second kappa shape index (κ2) is 7.68. The first-order chi connectivity index (χ1) is 12.2. The van der Waals surface area contributed by atoms with Gasteiger partial charge < -0.3 is 9.64 Å². The van der Waals surface area contributed by atoms with Crippen LogP contribution >= 0.6 is 11.6 Å². The quantitative estimate of drug-likeness (QED) is 0.727. The summed E-state index contributed by atoms with van der Waals surface area (Å²) in [5.41, 5.74) is -2.24. The molecule has 26 heavy (non-hydrogen) atoms. The number of alkyl halides is 3. The number of halogens is 4. The second-order valence-corrected chi connectivity index (χ2v) is 6.21. The number of nitrogens with zero attached hydrogens (tertiary/aromatic N) is 1. The Morgan fingerprint density at radius 1 is 1.08 bits per heavy atom. The molecule has 0 N–H and O–H groups in total. The van der Waals surface area contributed by atoms with Crippen molar-refractivity contribution in [1.29, 1.82) is 0 Å². The zero-order valence-corrected chi connectivity index (χ0v) is 15.4. The normalized spacial score (nSPS) is 14.0. The number of hydrogen-bond donors (Lipinski definition) is 0. The standard InChI is InChI=1S/C19H19ClF3NO2/c1-4-13-5-7-14(8-6-13)18(26-3,19(21,22)23)17(25)24(2)16-11-9-15(20)10-12-16/h5-12H,4H2,1-3H3. The van der Waals surface area contributed by atoms with Gasteiger partial charge in [-0.3, -0.25) is 4.79 Å². The molecule has 2 aromatic carbocycles. The number of carbonyl (C=O) groups excluding carboxylic acids is 1. The molecule has 0 saturated heterocycles. The van der Waals surface area contributed by atoms with E-state index in [9.17, 15) is 18.0 Å². The minimum atomic E-state index is -4.95. The number of carbonyl (C=O) groups is 1. The van der Waals surface area contributed by atoms with E-state index in [1.54, 1.807) is 12.1 Å². The van der Waals surface area contributed by atoms with E-state index in [0.29, 0.717) is 11.4 Å². The molecule has 0 heterocycles. The number of hydrogen-bond acceptors (Lipinski definition) is 2. The summed E-state index contributed by atoms with van der Waals surface area (Å²) in [5, 5.41) is 0.415. The van der Waals surface area contributed by atoms with Gasteiger partial charge in [0.05, 0.1) is 0 Å². The molecule has 1 atom stereocenters. The van der Waals surface area contributed by atoms with Gasteiger partial charge in [0.15, 0.2) is 0 Å². The van der Waals surface area contributed by atoms with E-state index in [1.807, 2.05) is 6.92 Å². The molecule has 1 unspecified atom stereocenters. The van der Waals surface area contributed by atoms with Crippen molar-refractivity contribution >= 4 is 23.2 Å². The lowest BCUT2D eigenvalue weighted by Gasteiger charge is -2.36. The summed E-state index contributed by atoms with van der Waals surface area (Å²) in [4.78, 5) is 13.8. The van der Waals surface area contributed by atoms with E-state index < -0.39 is 17.7 Å². The maximum absolute atomic E-state index is 14.0. The minimum Gasteiger partial charge on any atom is -0.356 e. The summed E-state index contributed by atoms with van der Waals surface area (Å²) >= 11 is 5.80. The lowest BCUT2D eigenvalue weighted by Crippen LogP contribution is -2.56. The number of aryl methyl sites for hydroxylation is 1. The number of ether oxygens (including phenoxy) is 1. The summed E-state index contributed by atoms with van der Waals surface area (Å²) in [6, 6.07) is 11.6. The van der Waals surface area contributed by atoms with Crippen molar-refractivity contribution < 1.29 is 22.7 Å². The van der Waals surface area contributed by atoms with Gasteiger partial charge in [-0.1, -0.05) is 42.8 Å². The molecular weight excluding hydrogens is 367 g/mol. The molecule has 2 rings (SSSR count). The summed E-state index contributed by atoms with van der Waals surface area (Å²) in [5.74, 6) is -1.24. The Bertz CT molecular complexity index is 760. The summed E-state index contributed by atoms with van der Waals surface area (Å²) in [6.45, 7) is 1.89. The predicted octanol–water partition coefficient (Wildman–Crippen LogP) is 4.97. The highest BCUT2D eigenvalue weighted by Gasteiger charge is 2.63. The average molecular weight is 386 g/mol. The van der Waals surface area contributed by atoms with Gasteiger partial charge in [0.2, 0.25) is 0 Å². The summed E-state index contributed by atoms with van der Waals surface area (Å²) < 4.78 is 47.0. The zero-order chi connectivity index (χ0) is 19.5. The Balaban J connectivity index is 2.55. The summed E-state index contributed by atoms with van der Waals surface area (Å²) in [7, 11) is 2.15. The van der Waals surface area contributed by atoms with Crippen LogP contribution in [0.3, 0.4) is 0 Å². The SMILES string of the molecule is CCc1ccc(C(OC)(C(=O)N(C)c2ccc(Cl)cc2)C(F)(F)F)cc1. The molecule has 2 aromatic rings. The number of benzene rings is 2. The van der Waals surface area contributed by atoms with Gasteiger partial charge in [0.25, 0.3) is 11.5 Å². The zero-order valence-electron chi connectivity index (χ0n) is 14.6. The van der Waals surface area contributed by atoms with Gasteiger partial charge in [-0.2, -0.15) is 13.2 Å². The minimum absolute atomic E-state index is 0.268. The Hall–Kier alpha value is -2.05. The summed E-state index contributed by atoms with van der Waals surface area (Å²) in [6.07, 6.45) is -4.28. The van der Waals surface area contributed by atoms with Crippen LogP contribution in [0.5, 0.6) is 0 Å². The maximum Gasteiger partial charge on any atom is 0.430 e. The molecule has 0 aliphatic heterocycles. The fraction of sp³-hybridized carbons (Fsp3) is 0.316. The fourth-order valence-electron chi connectivity index (χ4n) is 2.72. The molecule has 0 saturated carbocycles. The van der Waals surface area contributed by atoms with Crippen LogP contribution in [0, 0.1) is 0 Å². The molecule has 7 heteroatoms. The molecule has 0 aliphatic carbocycles. The Morgan fingerprint density at radius 2 is 1.62 bits per heavy atom. The van der Waals surface area contributed by atoms with Gasteiger partial charge in [0.1, 0.15) is 0 Å². The number of anilines is 1. The van der Waals surface area contributed by atoms with Crippen LogP contribution in [0.15, 0.2) is 48.5 Å². The second-order valence-electron chi connectivity index (χ2n) is 5.77. The molecule has 3 nitrogen and oxygen atoms in total. The monoisotopic (exact) mass is 385 g/mol. The Morgan fingerprint density at radius 3 is 2.04 bits per heavy atom. The van der Waals surface area contributed by atoms with Crippen molar-refractivity contribution in [2.75, 3.05) is 19.1 Å². The van der Waals surface area contributed by atoms with E-state index >= 15 is 0 Å². The van der Waals surface area contributed by atoms with E-state index in [4.69, 9.17) is 16.3 Å². The van der Waals surface area contributed by atoms with Crippen LogP contribution < -0.4 is 4.90 Å². The van der Waals surface area contributed by atoms with Crippen LogP contribution in [0.4, 0.5) is 18.9 Å². The topological polar surface area (TPSA) is 29.5 Å². The van der Waals surface area contributed by atoms with Crippen molar-refractivity contribution in [3.05, 3.63) is 64.7 Å². The Labute approximate surface area is 155 Å². The largest absolute Gasteiger partial charge is 0.430 e.